The zero-order chi connectivity index (χ0) is 11.5. The minimum Gasteiger partial charge on any atom is -0.329 e. The SMILES string of the molecule is CCC1CCC(NS(=O)(=O)CCN)C1C. The second kappa shape index (κ2) is 5.27. The van der Waals surface area contributed by atoms with E-state index in [2.05, 4.69) is 18.6 Å². The molecule has 1 aliphatic carbocycles. The molecule has 0 aromatic rings. The summed E-state index contributed by atoms with van der Waals surface area (Å²) in [7, 11) is -3.15. The summed E-state index contributed by atoms with van der Waals surface area (Å²) in [5, 5.41) is 0. The topological polar surface area (TPSA) is 72.2 Å². The van der Waals surface area contributed by atoms with Crippen LogP contribution in [0.1, 0.15) is 33.1 Å². The molecule has 0 bridgehead atoms. The maximum atomic E-state index is 11.5. The third kappa shape index (κ3) is 3.43. The van der Waals surface area contributed by atoms with E-state index >= 15 is 0 Å². The molecule has 0 amide bonds. The van der Waals surface area contributed by atoms with E-state index in [0.717, 1.165) is 19.3 Å². The molecule has 15 heavy (non-hydrogen) atoms. The van der Waals surface area contributed by atoms with Crippen LogP contribution in [0.3, 0.4) is 0 Å². The van der Waals surface area contributed by atoms with Crippen LogP contribution in [0.5, 0.6) is 0 Å². The fraction of sp³-hybridized carbons (Fsp3) is 1.00. The van der Waals surface area contributed by atoms with Crippen LogP contribution >= 0.6 is 0 Å². The lowest BCUT2D eigenvalue weighted by molar-refractivity contribution is 0.368. The highest BCUT2D eigenvalue weighted by Gasteiger charge is 2.33. The average Bonchev–Trinajstić information content (AvgIpc) is 2.47. The van der Waals surface area contributed by atoms with Crippen LogP contribution in [0.4, 0.5) is 0 Å². The molecule has 0 aliphatic heterocycles. The van der Waals surface area contributed by atoms with Crippen molar-refractivity contribution in [2.45, 2.75) is 39.2 Å². The number of hydrogen-bond acceptors (Lipinski definition) is 3. The number of rotatable bonds is 5. The van der Waals surface area contributed by atoms with Crippen molar-refractivity contribution in [2.24, 2.45) is 17.6 Å². The fourth-order valence-electron chi connectivity index (χ4n) is 2.43. The van der Waals surface area contributed by atoms with Crippen molar-refractivity contribution >= 4 is 10.0 Å². The predicted molar refractivity (Wildman–Crippen MR) is 61.9 cm³/mol. The molecule has 3 N–H and O–H groups in total. The molecule has 1 saturated carbocycles. The minimum absolute atomic E-state index is 0.0347. The Morgan fingerprint density at radius 2 is 2.07 bits per heavy atom. The average molecular weight is 234 g/mol. The lowest BCUT2D eigenvalue weighted by Crippen LogP contribution is -2.40. The quantitative estimate of drug-likeness (QED) is 0.735. The Bertz CT molecular complexity index is 290. The Kier molecular flexibility index (Phi) is 4.55. The fourth-order valence-corrected chi connectivity index (χ4v) is 3.66. The predicted octanol–water partition coefficient (Wildman–Crippen LogP) is 0.689. The van der Waals surface area contributed by atoms with Crippen molar-refractivity contribution in [2.75, 3.05) is 12.3 Å². The van der Waals surface area contributed by atoms with E-state index in [1.165, 1.54) is 0 Å². The van der Waals surface area contributed by atoms with Gasteiger partial charge in [0.15, 0.2) is 0 Å². The van der Waals surface area contributed by atoms with Gasteiger partial charge < -0.3 is 5.73 Å². The van der Waals surface area contributed by atoms with Gasteiger partial charge >= 0.3 is 0 Å². The van der Waals surface area contributed by atoms with Gasteiger partial charge in [-0.15, -0.1) is 0 Å². The van der Waals surface area contributed by atoms with Gasteiger partial charge in [-0.1, -0.05) is 20.3 Å². The summed E-state index contributed by atoms with van der Waals surface area (Å²) in [5.41, 5.74) is 5.26. The van der Waals surface area contributed by atoms with Crippen molar-refractivity contribution in [1.82, 2.24) is 4.72 Å². The Morgan fingerprint density at radius 1 is 1.40 bits per heavy atom. The second-order valence-electron chi connectivity index (χ2n) is 4.44. The van der Waals surface area contributed by atoms with Crippen LogP contribution in [0.25, 0.3) is 0 Å². The molecular weight excluding hydrogens is 212 g/mol. The molecule has 90 valence electrons. The molecule has 3 atom stereocenters. The molecule has 1 fully saturated rings. The van der Waals surface area contributed by atoms with Crippen molar-refractivity contribution in [3.63, 3.8) is 0 Å². The van der Waals surface area contributed by atoms with Crippen LogP contribution in [0.15, 0.2) is 0 Å². The standard InChI is InChI=1S/C10H22N2O2S/c1-3-9-4-5-10(8(9)2)12-15(13,14)7-6-11/h8-10,12H,3-7,11H2,1-2H3. The third-order valence-electron chi connectivity index (χ3n) is 3.47. The maximum absolute atomic E-state index is 11.5. The maximum Gasteiger partial charge on any atom is 0.213 e. The molecule has 3 unspecified atom stereocenters. The first-order valence-corrected chi connectivity index (χ1v) is 7.35. The smallest absolute Gasteiger partial charge is 0.213 e. The molecule has 1 rings (SSSR count). The highest BCUT2D eigenvalue weighted by Crippen LogP contribution is 2.34. The zero-order valence-electron chi connectivity index (χ0n) is 9.57. The molecule has 0 spiro atoms. The highest BCUT2D eigenvalue weighted by atomic mass is 32.2. The summed E-state index contributed by atoms with van der Waals surface area (Å²) in [6.45, 7) is 4.49. The zero-order valence-corrected chi connectivity index (χ0v) is 10.4. The summed E-state index contributed by atoms with van der Waals surface area (Å²) in [6, 6.07) is 0.117. The van der Waals surface area contributed by atoms with Crippen LogP contribution < -0.4 is 10.5 Å². The van der Waals surface area contributed by atoms with Crippen LogP contribution in [-0.2, 0) is 10.0 Å². The van der Waals surface area contributed by atoms with Gasteiger partial charge in [0.1, 0.15) is 0 Å². The van der Waals surface area contributed by atoms with Gasteiger partial charge in [0.2, 0.25) is 10.0 Å². The Balaban J connectivity index is 2.54. The van der Waals surface area contributed by atoms with Crippen molar-refractivity contribution in [3.05, 3.63) is 0 Å². The summed E-state index contributed by atoms with van der Waals surface area (Å²) in [5.74, 6) is 1.14. The summed E-state index contributed by atoms with van der Waals surface area (Å²) in [6.07, 6.45) is 3.23. The molecule has 0 aromatic carbocycles. The molecule has 0 aromatic heterocycles. The van der Waals surface area contributed by atoms with E-state index in [1.807, 2.05) is 0 Å². The first-order chi connectivity index (χ1) is 7.00. The van der Waals surface area contributed by atoms with Gasteiger partial charge in [0.25, 0.3) is 0 Å². The van der Waals surface area contributed by atoms with E-state index in [1.54, 1.807) is 0 Å². The molecule has 5 heteroatoms. The van der Waals surface area contributed by atoms with E-state index in [-0.39, 0.29) is 18.3 Å². The Labute approximate surface area is 92.7 Å². The lowest BCUT2D eigenvalue weighted by Gasteiger charge is -2.20. The molecule has 1 aliphatic rings. The number of hydrogen-bond donors (Lipinski definition) is 2. The van der Waals surface area contributed by atoms with E-state index in [9.17, 15) is 8.42 Å². The minimum atomic E-state index is -3.15. The van der Waals surface area contributed by atoms with Crippen molar-refractivity contribution in [3.8, 4) is 0 Å². The molecule has 0 saturated heterocycles. The van der Waals surface area contributed by atoms with Crippen LogP contribution in [0.2, 0.25) is 0 Å². The summed E-state index contributed by atoms with van der Waals surface area (Å²) in [4.78, 5) is 0. The van der Waals surface area contributed by atoms with Gasteiger partial charge in [-0.2, -0.15) is 0 Å². The number of nitrogens with two attached hydrogens (primary N) is 1. The van der Waals surface area contributed by atoms with Gasteiger partial charge in [-0.05, 0) is 24.7 Å². The molecule has 4 nitrogen and oxygen atoms in total. The largest absolute Gasteiger partial charge is 0.329 e. The monoisotopic (exact) mass is 234 g/mol. The first kappa shape index (κ1) is 12.9. The second-order valence-corrected chi connectivity index (χ2v) is 6.31. The molecular formula is C10H22N2O2S. The normalized spacial score (nSPS) is 32.1. The number of nitrogens with one attached hydrogen (secondary N) is 1. The van der Waals surface area contributed by atoms with Gasteiger partial charge in [-0.25, -0.2) is 13.1 Å². The Morgan fingerprint density at radius 3 is 2.53 bits per heavy atom. The first-order valence-electron chi connectivity index (χ1n) is 5.70. The highest BCUT2D eigenvalue weighted by molar-refractivity contribution is 7.89. The van der Waals surface area contributed by atoms with Gasteiger partial charge in [-0.3, -0.25) is 0 Å². The molecule has 0 heterocycles. The van der Waals surface area contributed by atoms with Crippen molar-refractivity contribution < 1.29 is 8.42 Å². The van der Waals surface area contributed by atoms with Crippen LogP contribution in [-0.4, -0.2) is 26.8 Å². The van der Waals surface area contributed by atoms with E-state index in [0.29, 0.717) is 11.8 Å². The van der Waals surface area contributed by atoms with E-state index < -0.39 is 10.0 Å². The lowest BCUT2D eigenvalue weighted by atomic mass is 9.94. The van der Waals surface area contributed by atoms with Gasteiger partial charge in [0.05, 0.1) is 5.75 Å². The molecule has 0 radical (unpaired) electrons. The number of sulfonamides is 1. The summed E-state index contributed by atoms with van der Waals surface area (Å²) >= 11 is 0. The van der Waals surface area contributed by atoms with Crippen molar-refractivity contribution in [1.29, 1.82) is 0 Å². The summed E-state index contributed by atoms with van der Waals surface area (Å²) < 4.78 is 25.8. The third-order valence-corrected chi connectivity index (χ3v) is 4.90. The van der Waals surface area contributed by atoms with E-state index in [4.69, 9.17) is 5.73 Å². The van der Waals surface area contributed by atoms with Crippen LogP contribution in [0, 0.1) is 11.8 Å². The Hall–Kier alpha value is -0.130. The van der Waals surface area contributed by atoms with Gasteiger partial charge in [0, 0.05) is 12.6 Å².